The van der Waals surface area contributed by atoms with Crippen molar-refractivity contribution in [3.05, 3.63) is 65.9 Å². The average molecular weight is 439 g/mol. The average Bonchev–Trinajstić information content (AvgIpc) is 3.29. The summed E-state index contributed by atoms with van der Waals surface area (Å²) in [6.45, 7) is 4.25. The first-order valence-electron chi connectivity index (χ1n) is 10.4. The van der Waals surface area contributed by atoms with Crippen molar-refractivity contribution in [2.45, 2.75) is 44.0 Å². The molecule has 1 fully saturated rings. The Morgan fingerprint density at radius 2 is 2.00 bits per heavy atom. The molecule has 4 rings (SSSR count). The number of hydrogen-bond donors (Lipinski definition) is 2. The molecule has 0 spiro atoms. The van der Waals surface area contributed by atoms with Crippen LogP contribution in [0.25, 0.3) is 11.3 Å². The molecule has 0 saturated carbocycles. The van der Waals surface area contributed by atoms with Gasteiger partial charge in [-0.1, -0.05) is 24.6 Å². The zero-order valence-corrected chi connectivity index (χ0v) is 18.4. The highest BCUT2D eigenvalue weighted by Gasteiger charge is 2.31. The lowest BCUT2D eigenvalue weighted by molar-refractivity contribution is 0.102. The Morgan fingerprint density at radius 3 is 2.74 bits per heavy atom. The molecule has 2 aromatic carbocycles. The number of carbonyl (C=O) groups is 1. The fourth-order valence-electron chi connectivity index (χ4n) is 3.95. The van der Waals surface area contributed by atoms with Gasteiger partial charge in [-0.15, -0.1) is 0 Å². The number of nitrogens with one attached hydrogen (secondary N) is 2. The monoisotopic (exact) mass is 438 g/mol. The molecule has 2 heterocycles. The molecule has 1 saturated heterocycles. The molecule has 1 aliphatic rings. The van der Waals surface area contributed by atoms with E-state index in [2.05, 4.69) is 15.5 Å². The molecule has 31 heavy (non-hydrogen) atoms. The third-order valence-corrected chi connectivity index (χ3v) is 7.74. The Morgan fingerprint density at radius 1 is 1.16 bits per heavy atom. The standard InChI is InChI=1S/C23H26N4O3S/c1-16-9-10-20(31(29,30)27-13-4-3-6-17(27)2)15-21(16)23(28)25-19-8-5-7-18(14-19)22-11-12-24-26-22/h5,7-12,14-15,17H,3-4,6,13H2,1-2H3,(H,24,26)(H,25,28). The largest absolute Gasteiger partial charge is 0.322 e. The predicted octanol–water partition coefficient (Wildman–Crippen LogP) is 4.20. The molecule has 0 aliphatic carbocycles. The molecule has 8 heteroatoms. The second-order valence-corrected chi connectivity index (χ2v) is 9.83. The molecule has 0 bridgehead atoms. The maximum Gasteiger partial charge on any atom is 0.255 e. The van der Waals surface area contributed by atoms with Crippen molar-refractivity contribution < 1.29 is 13.2 Å². The third-order valence-electron chi connectivity index (χ3n) is 5.73. The Kier molecular flexibility index (Phi) is 5.93. The number of aromatic nitrogens is 2. The van der Waals surface area contributed by atoms with Gasteiger partial charge in [0.05, 0.1) is 10.6 Å². The van der Waals surface area contributed by atoms with Crippen molar-refractivity contribution in [3.8, 4) is 11.3 Å². The summed E-state index contributed by atoms with van der Waals surface area (Å²) in [5.41, 5.74) is 3.42. The molecule has 1 aromatic heterocycles. The van der Waals surface area contributed by atoms with Gasteiger partial charge in [-0.25, -0.2) is 8.42 Å². The van der Waals surface area contributed by atoms with Gasteiger partial charge >= 0.3 is 0 Å². The fourth-order valence-corrected chi connectivity index (χ4v) is 5.68. The van der Waals surface area contributed by atoms with Crippen LogP contribution < -0.4 is 5.32 Å². The number of anilines is 1. The molecule has 162 valence electrons. The van der Waals surface area contributed by atoms with Crippen molar-refractivity contribution in [3.63, 3.8) is 0 Å². The second kappa shape index (κ2) is 8.64. The van der Waals surface area contributed by atoms with Gasteiger partial charge in [-0.3, -0.25) is 9.89 Å². The van der Waals surface area contributed by atoms with Crippen molar-refractivity contribution >= 4 is 21.6 Å². The molecule has 1 amide bonds. The maximum absolute atomic E-state index is 13.2. The summed E-state index contributed by atoms with van der Waals surface area (Å²) >= 11 is 0. The van der Waals surface area contributed by atoms with E-state index in [4.69, 9.17) is 0 Å². The van der Waals surface area contributed by atoms with Crippen molar-refractivity contribution in [1.29, 1.82) is 0 Å². The number of nitrogens with zero attached hydrogens (tertiary/aromatic N) is 2. The molecular weight excluding hydrogens is 412 g/mol. The van der Waals surface area contributed by atoms with Crippen LogP contribution in [0.15, 0.2) is 59.6 Å². The summed E-state index contributed by atoms with van der Waals surface area (Å²) < 4.78 is 28.0. The van der Waals surface area contributed by atoms with E-state index < -0.39 is 10.0 Å². The second-order valence-electron chi connectivity index (χ2n) is 7.94. The number of aromatic amines is 1. The Balaban J connectivity index is 1.60. The first-order chi connectivity index (χ1) is 14.9. The van der Waals surface area contributed by atoms with Crippen LogP contribution in [0.1, 0.15) is 42.1 Å². The number of rotatable bonds is 5. The molecule has 1 aliphatic heterocycles. The summed E-state index contributed by atoms with van der Waals surface area (Å²) in [7, 11) is -3.65. The van der Waals surface area contributed by atoms with E-state index >= 15 is 0 Å². The van der Waals surface area contributed by atoms with Crippen LogP contribution in [0.2, 0.25) is 0 Å². The summed E-state index contributed by atoms with van der Waals surface area (Å²) in [5, 5.41) is 9.74. The van der Waals surface area contributed by atoms with E-state index in [1.165, 1.54) is 6.07 Å². The molecule has 2 N–H and O–H groups in total. The van der Waals surface area contributed by atoms with Crippen LogP contribution in [-0.4, -0.2) is 41.4 Å². The number of hydrogen-bond acceptors (Lipinski definition) is 4. The number of benzene rings is 2. The van der Waals surface area contributed by atoms with Crippen LogP contribution in [0.5, 0.6) is 0 Å². The Hall–Kier alpha value is -2.97. The SMILES string of the molecule is Cc1ccc(S(=O)(=O)N2CCCCC2C)cc1C(=O)Nc1cccc(-c2ccn[nH]2)c1. The van der Waals surface area contributed by atoms with Crippen LogP contribution in [0, 0.1) is 6.92 Å². The highest BCUT2D eigenvalue weighted by molar-refractivity contribution is 7.89. The van der Waals surface area contributed by atoms with E-state index in [9.17, 15) is 13.2 Å². The minimum atomic E-state index is -3.65. The normalized spacial score (nSPS) is 17.4. The minimum absolute atomic E-state index is 0.0393. The molecule has 0 radical (unpaired) electrons. The molecule has 7 nitrogen and oxygen atoms in total. The summed E-state index contributed by atoms with van der Waals surface area (Å²) in [5.74, 6) is -0.344. The number of sulfonamides is 1. The molecule has 1 unspecified atom stereocenters. The number of piperidine rings is 1. The zero-order chi connectivity index (χ0) is 22.0. The minimum Gasteiger partial charge on any atom is -0.322 e. The first kappa shape index (κ1) is 21.3. The number of H-pyrrole nitrogens is 1. The quantitative estimate of drug-likeness (QED) is 0.624. The van der Waals surface area contributed by atoms with Crippen molar-refractivity contribution in [2.75, 3.05) is 11.9 Å². The van der Waals surface area contributed by atoms with Gasteiger partial charge in [-0.2, -0.15) is 9.40 Å². The van der Waals surface area contributed by atoms with Gasteiger partial charge in [0.25, 0.3) is 5.91 Å². The van der Waals surface area contributed by atoms with E-state index in [0.29, 0.717) is 23.4 Å². The summed E-state index contributed by atoms with van der Waals surface area (Å²) in [4.78, 5) is 13.2. The van der Waals surface area contributed by atoms with Gasteiger partial charge < -0.3 is 5.32 Å². The van der Waals surface area contributed by atoms with E-state index in [1.54, 1.807) is 35.6 Å². The Labute approximate surface area is 182 Å². The summed E-state index contributed by atoms with van der Waals surface area (Å²) in [6, 6.07) is 14.0. The highest BCUT2D eigenvalue weighted by atomic mass is 32.2. The van der Waals surface area contributed by atoms with Crippen molar-refractivity contribution in [1.82, 2.24) is 14.5 Å². The molecule has 1 atom stereocenters. The maximum atomic E-state index is 13.2. The topological polar surface area (TPSA) is 95.2 Å². The summed E-state index contributed by atoms with van der Waals surface area (Å²) in [6.07, 6.45) is 4.41. The Bertz CT molecular complexity index is 1190. The lowest BCUT2D eigenvalue weighted by Gasteiger charge is -2.32. The molecule has 3 aromatic rings. The van der Waals surface area contributed by atoms with Crippen molar-refractivity contribution in [2.24, 2.45) is 0 Å². The smallest absolute Gasteiger partial charge is 0.255 e. The third kappa shape index (κ3) is 4.40. The van der Waals surface area contributed by atoms with Gasteiger partial charge in [0, 0.05) is 35.6 Å². The predicted molar refractivity (Wildman–Crippen MR) is 120 cm³/mol. The van der Waals surface area contributed by atoms with Gasteiger partial charge in [0.15, 0.2) is 0 Å². The lowest BCUT2D eigenvalue weighted by Crippen LogP contribution is -2.42. The van der Waals surface area contributed by atoms with Crippen LogP contribution in [0.4, 0.5) is 5.69 Å². The van der Waals surface area contributed by atoms with Crippen LogP contribution >= 0.6 is 0 Å². The van der Waals surface area contributed by atoms with Gasteiger partial charge in [0.1, 0.15) is 0 Å². The zero-order valence-electron chi connectivity index (χ0n) is 17.6. The van der Waals surface area contributed by atoms with Crippen LogP contribution in [-0.2, 0) is 10.0 Å². The van der Waals surface area contributed by atoms with E-state index in [-0.39, 0.29) is 16.8 Å². The van der Waals surface area contributed by atoms with E-state index in [0.717, 1.165) is 30.5 Å². The van der Waals surface area contributed by atoms with Gasteiger partial charge in [-0.05, 0) is 62.6 Å². The van der Waals surface area contributed by atoms with E-state index in [1.807, 2.05) is 31.2 Å². The number of aryl methyl sites for hydroxylation is 1. The van der Waals surface area contributed by atoms with Crippen LogP contribution in [0.3, 0.4) is 0 Å². The van der Waals surface area contributed by atoms with Gasteiger partial charge in [0.2, 0.25) is 10.0 Å². The fraction of sp³-hybridized carbons (Fsp3) is 0.304. The highest BCUT2D eigenvalue weighted by Crippen LogP contribution is 2.27. The lowest BCUT2D eigenvalue weighted by atomic mass is 10.1. The number of carbonyl (C=O) groups excluding carboxylic acids is 1. The molecular formula is C23H26N4O3S. The number of amides is 1. The first-order valence-corrected chi connectivity index (χ1v) is 11.8.